The fourth-order valence-corrected chi connectivity index (χ4v) is 3.32. The Morgan fingerprint density at radius 2 is 1.73 bits per heavy atom. The molecule has 0 amide bonds. The first-order valence-corrected chi connectivity index (χ1v) is 11.7. The van der Waals surface area contributed by atoms with Crippen LogP contribution in [0.1, 0.15) is 41.0 Å². The Morgan fingerprint density at radius 1 is 1.06 bits per heavy atom. The number of β-amino-alcohol motifs (C(OH)–C–C–N with tert-alkyl or cyclic N) is 1. The summed E-state index contributed by atoms with van der Waals surface area (Å²) in [6, 6.07) is 3.61. The minimum absolute atomic E-state index is 0.0886. The van der Waals surface area contributed by atoms with E-state index >= 15 is 0 Å². The third-order valence-corrected chi connectivity index (χ3v) is 5.28. The van der Waals surface area contributed by atoms with Crippen LogP contribution in [0.5, 0.6) is 17.4 Å². The Balaban J connectivity index is 2.21. The van der Waals surface area contributed by atoms with Gasteiger partial charge in [0.15, 0.2) is 11.5 Å². The Labute approximate surface area is 197 Å². The first kappa shape index (κ1) is 26.9. The SMILES string of the molecule is CCN(CC)CCCNc1nc(OCC(O)CNC(C)(C)C)c2cc(OC)c(OC)cc2n1. The molecule has 0 aliphatic carbocycles. The number of hydrogen-bond donors (Lipinski definition) is 3. The number of nitrogens with one attached hydrogen (secondary N) is 2. The molecule has 9 nitrogen and oxygen atoms in total. The second kappa shape index (κ2) is 12.8. The molecular weight excluding hydrogens is 422 g/mol. The molecule has 0 saturated carbocycles. The van der Waals surface area contributed by atoms with Gasteiger partial charge < -0.3 is 34.9 Å². The number of nitrogens with zero attached hydrogens (tertiary/aromatic N) is 3. The fraction of sp³-hybridized carbons (Fsp3) is 0.667. The van der Waals surface area contributed by atoms with Crippen molar-refractivity contribution < 1.29 is 19.3 Å². The van der Waals surface area contributed by atoms with E-state index < -0.39 is 6.10 Å². The van der Waals surface area contributed by atoms with Gasteiger partial charge in [0, 0.05) is 24.7 Å². The van der Waals surface area contributed by atoms with E-state index in [0.717, 1.165) is 32.6 Å². The van der Waals surface area contributed by atoms with Crippen molar-refractivity contribution in [3.05, 3.63) is 12.1 Å². The van der Waals surface area contributed by atoms with Crippen LogP contribution in [0.4, 0.5) is 5.95 Å². The zero-order valence-electron chi connectivity index (χ0n) is 21.2. The van der Waals surface area contributed by atoms with Crippen LogP contribution in [-0.4, -0.2) is 85.2 Å². The van der Waals surface area contributed by atoms with Gasteiger partial charge >= 0.3 is 0 Å². The lowest BCUT2D eigenvalue weighted by molar-refractivity contribution is 0.0986. The number of anilines is 1. The highest BCUT2D eigenvalue weighted by Gasteiger charge is 2.17. The Morgan fingerprint density at radius 3 is 2.33 bits per heavy atom. The molecule has 2 rings (SSSR count). The summed E-state index contributed by atoms with van der Waals surface area (Å²) < 4.78 is 16.8. The second-order valence-electron chi connectivity index (χ2n) is 8.98. The standard InChI is InChI=1S/C24H41N5O4/c1-8-29(9-2)12-10-11-25-23-27-19-14-21(32-7)20(31-6)13-18(19)22(28-23)33-16-17(30)15-26-24(3,4)5/h13-14,17,26,30H,8-12,15-16H2,1-7H3,(H,25,27,28). The van der Waals surface area contributed by atoms with Crippen LogP contribution in [0.3, 0.4) is 0 Å². The van der Waals surface area contributed by atoms with E-state index in [9.17, 15) is 5.11 Å². The number of hydrogen-bond acceptors (Lipinski definition) is 9. The molecule has 33 heavy (non-hydrogen) atoms. The molecule has 1 unspecified atom stereocenters. The van der Waals surface area contributed by atoms with E-state index in [2.05, 4.69) is 60.1 Å². The van der Waals surface area contributed by atoms with Crippen molar-refractivity contribution >= 4 is 16.9 Å². The number of aromatic nitrogens is 2. The van der Waals surface area contributed by atoms with Gasteiger partial charge in [-0.15, -0.1) is 0 Å². The van der Waals surface area contributed by atoms with Gasteiger partial charge in [-0.05, 0) is 52.9 Å². The Kier molecular flexibility index (Phi) is 10.4. The van der Waals surface area contributed by atoms with Crippen LogP contribution in [0.15, 0.2) is 12.1 Å². The summed E-state index contributed by atoms with van der Waals surface area (Å²) in [5.74, 6) is 2.01. The summed E-state index contributed by atoms with van der Waals surface area (Å²) in [5, 5.41) is 17.6. The molecule has 0 fully saturated rings. The van der Waals surface area contributed by atoms with Crippen LogP contribution < -0.4 is 24.8 Å². The quantitative estimate of drug-likeness (QED) is 0.365. The maximum absolute atomic E-state index is 10.4. The molecule has 3 N–H and O–H groups in total. The first-order chi connectivity index (χ1) is 15.7. The van der Waals surface area contributed by atoms with E-state index in [1.165, 1.54) is 0 Å². The van der Waals surface area contributed by atoms with Crippen LogP contribution in [0, 0.1) is 0 Å². The van der Waals surface area contributed by atoms with Gasteiger partial charge in [0.05, 0.1) is 25.1 Å². The van der Waals surface area contributed by atoms with Gasteiger partial charge in [0.25, 0.3) is 0 Å². The van der Waals surface area contributed by atoms with Gasteiger partial charge in [-0.3, -0.25) is 0 Å². The van der Waals surface area contributed by atoms with E-state index in [1.807, 2.05) is 0 Å². The summed E-state index contributed by atoms with van der Waals surface area (Å²) >= 11 is 0. The molecule has 1 aromatic carbocycles. The normalized spacial score (nSPS) is 12.8. The number of methoxy groups -OCH3 is 2. The monoisotopic (exact) mass is 463 g/mol. The van der Waals surface area contributed by atoms with Gasteiger partial charge in [-0.1, -0.05) is 13.8 Å². The van der Waals surface area contributed by atoms with Crippen LogP contribution >= 0.6 is 0 Å². The summed E-state index contributed by atoms with van der Waals surface area (Å²) in [4.78, 5) is 11.6. The largest absolute Gasteiger partial charge is 0.493 e. The summed E-state index contributed by atoms with van der Waals surface area (Å²) in [6.45, 7) is 14.8. The molecule has 0 radical (unpaired) electrons. The molecule has 0 spiro atoms. The molecule has 2 aromatic rings. The number of benzene rings is 1. The van der Waals surface area contributed by atoms with Crippen molar-refractivity contribution in [2.75, 3.05) is 58.9 Å². The van der Waals surface area contributed by atoms with Crippen molar-refractivity contribution in [1.82, 2.24) is 20.2 Å². The van der Waals surface area contributed by atoms with Crippen molar-refractivity contribution in [1.29, 1.82) is 0 Å². The van der Waals surface area contributed by atoms with Crippen LogP contribution in [0.25, 0.3) is 10.9 Å². The van der Waals surface area contributed by atoms with Crippen LogP contribution in [-0.2, 0) is 0 Å². The predicted octanol–water partition coefficient (Wildman–Crippen LogP) is 2.92. The predicted molar refractivity (Wildman–Crippen MR) is 133 cm³/mol. The topological polar surface area (TPSA) is 101 Å². The molecule has 0 aliphatic rings. The third-order valence-electron chi connectivity index (χ3n) is 5.28. The zero-order valence-corrected chi connectivity index (χ0v) is 21.2. The van der Waals surface area contributed by atoms with E-state index in [4.69, 9.17) is 14.2 Å². The molecular formula is C24H41N5O4. The van der Waals surface area contributed by atoms with Crippen molar-refractivity contribution in [3.8, 4) is 17.4 Å². The molecule has 1 heterocycles. The van der Waals surface area contributed by atoms with Crippen molar-refractivity contribution in [2.45, 2.75) is 52.7 Å². The lowest BCUT2D eigenvalue weighted by Crippen LogP contribution is -2.42. The van der Waals surface area contributed by atoms with Gasteiger partial charge in [-0.25, -0.2) is 4.98 Å². The maximum Gasteiger partial charge on any atom is 0.226 e. The lowest BCUT2D eigenvalue weighted by atomic mass is 10.1. The minimum atomic E-state index is -0.681. The first-order valence-electron chi connectivity index (χ1n) is 11.7. The average Bonchev–Trinajstić information content (AvgIpc) is 2.79. The van der Waals surface area contributed by atoms with Gasteiger partial charge in [0.2, 0.25) is 11.8 Å². The molecule has 186 valence electrons. The lowest BCUT2D eigenvalue weighted by Gasteiger charge is -2.23. The number of fused-ring (bicyclic) bond motifs is 1. The summed E-state index contributed by atoms with van der Waals surface area (Å²) in [6.07, 6.45) is 0.294. The summed E-state index contributed by atoms with van der Waals surface area (Å²) in [5.41, 5.74) is 0.584. The highest BCUT2D eigenvalue weighted by molar-refractivity contribution is 5.88. The zero-order chi connectivity index (χ0) is 24.4. The smallest absolute Gasteiger partial charge is 0.226 e. The molecule has 1 atom stereocenters. The third kappa shape index (κ3) is 8.49. The number of ether oxygens (including phenoxy) is 3. The Hall–Kier alpha value is -2.36. The number of aliphatic hydroxyl groups excluding tert-OH is 1. The van der Waals surface area contributed by atoms with Gasteiger partial charge in [-0.2, -0.15) is 4.98 Å². The molecule has 0 aliphatic heterocycles. The minimum Gasteiger partial charge on any atom is -0.493 e. The highest BCUT2D eigenvalue weighted by Crippen LogP contribution is 2.35. The van der Waals surface area contributed by atoms with E-state index in [0.29, 0.717) is 40.8 Å². The highest BCUT2D eigenvalue weighted by atomic mass is 16.5. The summed E-state index contributed by atoms with van der Waals surface area (Å²) in [7, 11) is 3.17. The Bertz CT molecular complexity index is 868. The maximum atomic E-state index is 10.4. The van der Waals surface area contributed by atoms with Crippen molar-refractivity contribution in [3.63, 3.8) is 0 Å². The van der Waals surface area contributed by atoms with E-state index in [-0.39, 0.29) is 12.1 Å². The van der Waals surface area contributed by atoms with Crippen LogP contribution in [0.2, 0.25) is 0 Å². The van der Waals surface area contributed by atoms with Crippen molar-refractivity contribution in [2.24, 2.45) is 0 Å². The number of rotatable bonds is 14. The molecule has 1 aromatic heterocycles. The number of aliphatic hydroxyl groups is 1. The molecule has 0 bridgehead atoms. The van der Waals surface area contributed by atoms with Gasteiger partial charge in [0.1, 0.15) is 12.7 Å². The average molecular weight is 464 g/mol. The molecule has 9 heteroatoms. The molecule has 0 saturated heterocycles. The van der Waals surface area contributed by atoms with E-state index in [1.54, 1.807) is 26.4 Å². The second-order valence-corrected chi connectivity index (χ2v) is 8.98. The fourth-order valence-electron chi connectivity index (χ4n) is 3.32.